The van der Waals surface area contributed by atoms with E-state index in [0.717, 1.165) is 0 Å². The Balaban J connectivity index is 2.02. The number of amides is 2. The lowest BCUT2D eigenvalue weighted by Crippen LogP contribution is -2.24. The van der Waals surface area contributed by atoms with Gasteiger partial charge in [0.25, 0.3) is 5.91 Å². The first-order chi connectivity index (χ1) is 14.1. The molecule has 30 heavy (non-hydrogen) atoms. The molecule has 0 atom stereocenters. The highest BCUT2D eigenvalue weighted by molar-refractivity contribution is 5.96. The molecule has 162 valence electrons. The summed E-state index contributed by atoms with van der Waals surface area (Å²) in [6.07, 6.45) is -2.34. The van der Waals surface area contributed by atoms with Crippen molar-refractivity contribution in [2.24, 2.45) is 0 Å². The van der Waals surface area contributed by atoms with Crippen molar-refractivity contribution in [1.29, 1.82) is 0 Å². The van der Waals surface area contributed by atoms with E-state index in [0.29, 0.717) is 41.0 Å². The van der Waals surface area contributed by atoms with Crippen molar-refractivity contribution in [3.05, 3.63) is 46.8 Å². The van der Waals surface area contributed by atoms with Gasteiger partial charge in [-0.25, -0.2) is 9.97 Å². The highest BCUT2D eigenvalue weighted by Gasteiger charge is 2.29. The second kappa shape index (κ2) is 10.0. The van der Waals surface area contributed by atoms with Crippen molar-refractivity contribution >= 4 is 17.6 Å². The van der Waals surface area contributed by atoms with Crippen molar-refractivity contribution in [3.63, 3.8) is 0 Å². The molecule has 0 bridgehead atoms. The molecule has 0 spiro atoms. The third kappa shape index (κ3) is 6.71. The maximum Gasteiger partial charge on any atom is 0.422 e. The number of hydrogen-bond acceptors (Lipinski definition) is 5. The molecule has 7 nitrogen and oxygen atoms in total. The molecule has 2 rings (SSSR count). The maximum atomic E-state index is 12.5. The standard InChI is InChI=1S/C20H23F3N4O3/c1-4-14-8-13(10-25-19(14)30-11-20(21,22)23)9-24-18(29)15-6-7-16(26-12(15)3)27-17(28)5-2/h6-8,10H,4-5,9,11H2,1-3H3,(H,24,29)(H,26,27,28). The first-order valence-electron chi connectivity index (χ1n) is 9.36. The Bertz CT molecular complexity index is 917. The minimum absolute atomic E-state index is 0.0744. The van der Waals surface area contributed by atoms with E-state index in [4.69, 9.17) is 4.74 Å². The van der Waals surface area contributed by atoms with Crippen LogP contribution in [0.25, 0.3) is 0 Å². The van der Waals surface area contributed by atoms with Crippen LogP contribution in [0.4, 0.5) is 19.0 Å². The van der Waals surface area contributed by atoms with Gasteiger partial charge in [-0.15, -0.1) is 0 Å². The molecule has 2 aromatic rings. The Morgan fingerprint density at radius 3 is 2.53 bits per heavy atom. The van der Waals surface area contributed by atoms with Crippen LogP contribution < -0.4 is 15.4 Å². The van der Waals surface area contributed by atoms with Crippen LogP contribution in [0, 0.1) is 6.92 Å². The fourth-order valence-electron chi connectivity index (χ4n) is 2.56. The summed E-state index contributed by atoms with van der Waals surface area (Å²) in [6.45, 7) is 3.86. The molecule has 0 unspecified atom stereocenters. The Hall–Kier alpha value is -3.17. The topological polar surface area (TPSA) is 93.2 Å². The molecule has 0 aromatic carbocycles. The second-order valence-electron chi connectivity index (χ2n) is 6.48. The summed E-state index contributed by atoms with van der Waals surface area (Å²) in [5.74, 6) is -0.262. The van der Waals surface area contributed by atoms with Crippen molar-refractivity contribution in [1.82, 2.24) is 15.3 Å². The summed E-state index contributed by atoms with van der Waals surface area (Å²) in [5, 5.41) is 5.35. The SMILES string of the molecule is CCC(=O)Nc1ccc(C(=O)NCc2cnc(OCC(F)(F)F)c(CC)c2)c(C)n1. The van der Waals surface area contributed by atoms with E-state index in [9.17, 15) is 22.8 Å². The molecular weight excluding hydrogens is 401 g/mol. The fraction of sp³-hybridized carbons (Fsp3) is 0.400. The van der Waals surface area contributed by atoms with Crippen LogP contribution in [0.2, 0.25) is 0 Å². The smallest absolute Gasteiger partial charge is 0.422 e. The fourth-order valence-corrected chi connectivity index (χ4v) is 2.56. The zero-order valence-corrected chi connectivity index (χ0v) is 16.9. The van der Waals surface area contributed by atoms with Gasteiger partial charge in [0, 0.05) is 24.7 Å². The van der Waals surface area contributed by atoms with Gasteiger partial charge in [-0.05, 0) is 37.1 Å². The number of anilines is 1. The van der Waals surface area contributed by atoms with Crippen LogP contribution in [0.3, 0.4) is 0 Å². The lowest BCUT2D eigenvalue weighted by atomic mass is 10.1. The van der Waals surface area contributed by atoms with Crippen LogP contribution in [-0.2, 0) is 17.8 Å². The van der Waals surface area contributed by atoms with Crippen LogP contribution >= 0.6 is 0 Å². The van der Waals surface area contributed by atoms with Crippen LogP contribution in [0.1, 0.15) is 47.4 Å². The number of hydrogen-bond donors (Lipinski definition) is 2. The van der Waals surface area contributed by atoms with Gasteiger partial charge in [0.2, 0.25) is 11.8 Å². The number of alkyl halides is 3. The monoisotopic (exact) mass is 424 g/mol. The highest BCUT2D eigenvalue weighted by Crippen LogP contribution is 2.21. The number of aryl methyl sites for hydroxylation is 2. The number of nitrogens with one attached hydrogen (secondary N) is 2. The maximum absolute atomic E-state index is 12.5. The Labute approximate surface area is 172 Å². The van der Waals surface area contributed by atoms with Gasteiger partial charge in [0.1, 0.15) is 5.82 Å². The number of nitrogens with zero attached hydrogens (tertiary/aromatic N) is 2. The summed E-state index contributed by atoms with van der Waals surface area (Å²) in [5.41, 5.74) is 1.93. The normalized spacial score (nSPS) is 11.1. The molecule has 10 heteroatoms. The van der Waals surface area contributed by atoms with Crippen LogP contribution in [0.15, 0.2) is 24.4 Å². The molecule has 0 radical (unpaired) electrons. The van der Waals surface area contributed by atoms with Crippen LogP contribution in [-0.4, -0.2) is 34.6 Å². The van der Waals surface area contributed by atoms with Gasteiger partial charge in [0.15, 0.2) is 6.61 Å². The average Bonchev–Trinajstić information content (AvgIpc) is 2.70. The third-order valence-electron chi connectivity index (χ3n) is 4.11. The summed E-state index contributed by atoms with van der Waals surface area (Å²) in [7, 11) is 0. The van der Waals surface area contributed by atoms with Crippen molar-refractivity contribution < 1.29 is 27.5 Å². The quantitative estimate of drug-likeness (QED) is 0.676. The molecule has 0 aliphatic heterocycles. The molecule has 2 N–H and O–H groups in total. The molecule has 0 saturated carbocycles. The van der Waals surface area contributed by atoms with Crippen LogP contribution in [0.5, 0.6) is 5.88 Å². The van der Waals surface area contributed by atoms with E-state index >= 15 is 0 Å². The molecule has 2 aromatic heterocycles. The lowest BCUT2D eigenvalue weighted by Gasteiger charge is -2.13. The van der Waals surface area contributed by atoms with E-state index in [-0.39, 0.29) is 24.2 Å². The Morgan fingerprint density at radius 2 is 1.93 bits per heavy atom. The average molecular weight is 424 g/mol. The summed E-state index contributed by atoms with van der Waals surface area (Å²) < 4.78 is 41.8. The number of aromatic nitrogens is 2. The summed E-state index contributed by atoms with van der Waals surface area (Å²) >= 11 is 0. The number of halogens is 3. The van der Waals surface area contributed by atoms with Gasteiger partial charge in [-0.1, -0.05) is 13.8 Å². The van der Waals surface area contributed by atoms with Gasteiger partial charge in [-0.3, -0.25) is 9.59 Å². The molecular formula is C20H23F3N4O3. The first kappa shape index (κ1) is 23.1. The first-order valence-corrected chi connectivity index (χ1v) is 9.36. The largest absolute Gasteiger partial charge is 0.468 e. The van der Waals surface area contributed by atoms with E-state index in [1.54, 1.807) is 39.0 Å². The molecule has 2 amide bonds. The van der Waals surface area contributed by atoms with Crippen molar-refractivity contribution in [3.8, 4) is 5.88 Å². The zero-order valence-electron chi connectivity index (χ0n) is 16.9. The number of rotatable bonds is 8. The summed E-state index contributed by atoms with van der Waals surface area (Å²) in [6, 6.07) is 4.75. The van der Waals surface area contributed by atoms with E-state index in [1.807, 2.05) is 0 Å². The van der Waals surface area contributed by atoms with Gasteiger partial charge in [-0.2, -0.15) is 13.2 Å². The number of carbonyl (C=O) groups is 2. The Morgan fingerprint density at radius 1 is 1.20 bits per heavy atom. The third-order valence-corrected chi connectivity index (χ3v) is 4.11. The minimum Gasteiger partial charge on any atom is -0.468 e. The number of carbonyl (C=O) groups excluding carboxylic acids is 2. The van der Waals surface area contributed by atoms with Crippen molar-refractivity contribution in [2.75, 3.05) is 11.9 Å². The lowest BCUT2D eigenvalue weighted by molar-refractivity contribution is -0.154. The van der Waals surface area contributed by atoms with Gasteiger partial charge < -0.3 is 15.4 Å². The predicted octanol–water partition coefficient (Wildman–Crippen LogP) is 3.57. The molecule has 0 aliphatic carbocycles. The van der Waals surface area contributed by atoms with E-state index in [2.05, 4.69) is 20.6 Å². The number of ether oxygens (including phenoxy) is 1. The highest BCUT2D eigenvalue weighted by atomic mass is 19.4. The molecule has 0 fully saturated rings. The molecule has 0 saturated heterocycles. The minimum atomic E-state index is -4.44. The Kier molecular flexibility index (Phi) is 7.73. The van der Waals surface area contributed by atoms with Gasteiger partial charge >= 0.3 is 6.18 Å². The second-order valence-corrected chi connectivity index (χ2v) is 6.48. The zero-order chi connectivity index (χ0) is 22.3. The predicted molar refractivity (Wildman–Crippen MR) is 104 cm³/mol. The van der Waals surface area contributed by atoms with E-state index < -0.39 is 12.8 Å². The van der Waals surface area contributed by atoms with Gasteiger partial charge in [0.05, 0.1) is 11.3 Å². The summed E-state index contributed by atoms with van der Waals surface area (Å²) in [4.78, 5) is 32.0. The molecule has 0 aliphatic rings. The van der Waals surface area contributed by atoms with Crippen molar-refractivity contribution in [2.45, 2.75) is 46.3 Å². The number of pyridine rings is 2. The molecule has 2 heterocycles. The van der Waals surface area contributed by atoms with E-state index in [1.165, 1.54) is 6.20 Å².